The summed E-state index contributed by atoms with van der Waals surface area (Å²) in [5.41, 5.74) is 2.60. The number of anilines is 1. The van der Waals surface area contributed by atoms with Gasteiger partial charge in [-0.3, -0.25) is 14.5 Å². The molecular formula is C22H17NO3S. The number of aliphatic hydroxyl groups excluding tert-OH is 1. The van der Waals surface area contributed by atoms with E-state index in [0.29, 0.717) is 10.6 Å². The van der Waals surface area contributed by atoms with Crippen molar-refractivity contribution < 1.29 is 14.7 Å². The minimum absolute atomic E-state index is 0.120. The molecule has 1 aliphatic heterocycles. The first kappa shape index (κ1) is 17.2. The molecule has 1 amide bonds. The number of Topliss-reactive ketones (excluding diaryl/α,β-unsaturated/α-hetero) is 1. The fraction of sp³-hybridized carbons (Fsp3) is 0.0909. The van der Waals surface area contributed by atoms with Crippen LogP contribution in [-0.4, -0.2) is 16.8 Å². The standard InChI is InChI=1S/C22H17NO3S/c1-14-9-11-16(12-10-14)23-19(15-6-3-2-4-7-15)18(21(25)22(23)26)20(24)17-8-5-13-27-17/h2-13,19,25H,1H3. The molecule has 0 radical (unpaired) electrons. The Morgan fingerprint density at radius 1 is 1.00 bits per heavy atom. The smallest absolute Gasteiger partial charge is 0.294 e. The van der Waals surface area contributed by atoms with Crippen molar-refractivity contribution in [3.05, 3.63) is 99.4 Å². The number of ketones is 1. The number of thiophene rings is 1. The monoisotopic (exact) mass is 375 g/mol. The molecule has 0 bridgehead atoms. The van der Waals surface area contributed by atoms with Crippen molar-refractivity contribution in [3.8, 4) is 0 Å². The fourth-order valence-corrected chi connectivity index (χ4v) is 3.98. The van der Waals surface area contributed by atoms with Crippen molar-refractivity contribution in [1.29, 1.82) is 0 Å². The Kier molecular flexibility index (Phi) is 4.38. The zero-order chi connectivity index (χ0) is 19.0. The number of aryl methyl sites for hydroxylation is 1. The highest BCUT2D eigenvalue weighted by Gasteiger charge is 2.44. The molecule has 134 valence electrons. The van der Waals surface area contributed by atoms with Gasteiger partial charge in [-0.25, -0.2) is 0 Å². The molecule has 0 aliphatic carbocycles. The highest BCUT2D eigenvalue weighted by Crippen LogP contribution is 2.42. The molecule has 4 nitrogen and oxygen atoms in total. The predicted octanol–water partition coefficient (Wildman–Crippen LogP) is 4.84. The van der Waals surface area contributed by atoms with Gasteiger partial charge in [0.2, 0.25) is 5.78 Å². The van der Waals surface area contributed by atoms with Gasteiger partial charge in [-0.15, -0.1) is 11.3 Å². The summed E-state index contributed by atoms with van der Waals surface area (Å²) in [4.78, 5) is 28.0. The maximum atomic E-state index is 13.1. The molecule has 2 aromatic carbocycles. The molecule has 5 heteroatoms. The normalized spacial score (nSPS) is 16.9. The van der Waals surface area contributed by atoms with Gasteiger partial charge in [-0.2, -0.15) is 0 Å². The Morgan fingerprint density at radius 2 is 1.70 bits per heavy atom. The van der Waals surface area contributed by atoms with Crippen LogP contribution in [0.2, 0.25) is 0 Å². The van der Waals surface area contributed by atoms with Crippen LogP contribution in [0.25, 0.3) is 0 Å². The van der Waals surface area contributed by atoms with E-state index in [1.54, 1.807) is 17.5 Å². The molecule has 0 saturated carbocycles. The molecule has 3 aromatic rings. The Morgan fingerprint density at radius 3 is 2.33 bits per heavy atom. The van der Waals surface area contributed by atoms with Gasteiger partial charge in [0, 0.05) is 5.69 Å². The van der Waals surface area contributed by atoms with Crippen LogP contribution in [0.4, 0.5) is 5.69 Å². The summed E-state index contributed by atoms with van der Waals surface area (Å²) in [6, 6.07) is 19.6. The number of nitrogens with zero attached hydrogens (tertiary/aromatic N) is 1. The molecule has 27 heavy (non-hydrogen) atoms. The lowest BCUT2D eigenvalue weighted by atomic mass is 9.95. The number of benzene rings is 2. The quantitative estimate of drug-likeness (QED) is 0.664. The predicted molar refractivity (Wildman–Crippen MR) is 106 cm³/mol. The third-order valence-corrected chi connectivity index (χ3v) is 5.49. The number of hydrogen-bond acceptors (Lipinski definition) is 4. The van der Waals surface area contributed by atoms with Crippen molar-refractivity contribution in [2.45, 2.75) is 13.0 Å². The van der Waals surface area contributed by atoms with Gasteiger partial charge in [0.1, 0.15) is 0 Å². The van der Waals surface area contributed by atoms with E-state index >= 15 is 0 Å². The third kappa shape index (κ3) is 2.96. The SMILES string of the molecule is Cc1ccc(N2C(=O)C(O)=C(C(=O)c3cccs3)C2c2ccccc2)cc1. The average Bonchev–Trinajstić information content (AvgIpc) is 3.31. The van der Waals surface area contributed by atoms with E-state index in [-0.39, 0.29) is 11.4 Å². The van der Waals surface area contributed by atoms with Crippen molar-refractivity contribution in [1.82, 2.24) is 0 Å². The van der Waals surface area contributed by atoms with Crippen LogP contribution in [0, 0.1) is 6.92 Å². The summed E-state index contributed by atoms with van der Waals surface area (Å²) in [5, 5.41) is 12.4. The molecule has 1 unspecified atom stereocenters. The maximum Gasteiger partial charge on any atom is 0.294 e. The topological polar surface area (TPSA) is 57.6 Å². The maximum absolute atomic E-state index is 13.1. The average molecular weight is 375 g/mol. The van der Waals surface area contributed by atoms with E-state index in [2.05, 4.69) is 0 Å². The number of rotatable bonds is 4. The van der Waals surface area contributed by atoms with Crippen LogP contribution in [-0.2, 0) is 4.79 Å². The molecule has 1 aromatic heterocycles. The summed E-state index contributed by atoms with van der Waals surface area (Å²) < 4.78 is 0. The Bertz CT molecular complexity index is 1020. The van der Waals surface area contributed by atoms with Crippen molar-refractivity contribution in [2.75, 3.05) is 4.90 Å². The van der Waals surface area contributed by atoms with Crippen LogP contribution in [0.15, 0.2) is 83.4 Å². The molecule has 0 spiro atoms. The molecule has 1 N–H and O–H groups in total. The summed E-state index contributed by atoms with van der Waals surface area (Å²) in [5.74, 6) is -1.37. The number of carbonyl (C=O) groups is 2. The molecular weight excluding hydrogens is 358 g/mol. The summed E-state index contributed by atoms with van der Waals surface area (Å²) in [6.45, 7) is 1.96. The van der Waals surface area contributed by atoms with Crippen molar-refractivity contribution in [2.24, 2.45) is 0 Å². The zero-order valence-electron chi connectivity index (χ0n) is 14.6. The minimum Gasteiger partial charge on any atom is -0.503 e. The largest absolute Gasteiger partial charge is 0.503 e. The number of carbonyl (C=O) groups excluding carboxylic acids is 2. The molecule has 1 aliphatic rings. The van der Waals surface area contributed by atoms with Crippen LogP contribution in [0.3, 0.4) is 0 Å². The molecule has 4 rings (SSSR count). The van der Waals surface area contributed by atoms with E-state index in [4.69, 9.17) is 0 Å². The van der Waals surface area contributed by atoms with Gasteiger partial charge in [-0.1, -0.05) is 54.1 Å². The first-order valence-electron chi connectivity index (χ1n) is 8.54. The lowest BCUT2D eigenvalue weighted by molar-refractivity contribution is -0.117. The highest BCUT2D eigenvalue weighted by molar-refractivity contribution is 7.12. The first-order valence-corrected chi connectivity index (χ1v) is 9.42. The van der Waals surface area contributed by atoms with Gasteiger partial charge in [0.15, 0.2) is 5.76 Å². The van der Waals surface area contributed by atoms with Gasteiger partial charge < -0.3 is 5.11 Å². The second-order valence-corrected chi connectivity index (χ2v) is 7.34. The van der Waals surface area contributed by atoms with E-state index in [0.717, 1.165) is 11.1 Å². The first-order chi connectivity index (χ1) is 13.1. The van der Waals surface area contributed by atoms with Crippen LogP contribution >= 0.6 is 11.3 Å². The van der Waals surface area contributed by atoms with Crippen molar-refractivity contribution >= 4 is 28.7 Å². The van der Waals surface area contributed by atoms with Gasteiger partial charge >= 0.3 is 0 Å². The summed E-state index contributed by atoms with van der Waals surface area (Å²) in [7, 11) is 0. The zero-order valence-corrected chi connectivity index (χ0v) is 15.4. The van der Waals surface area contributed by atoms with Crippen LogP contribution in [0.1, 0.15) is 26.8 Å². The lowest BCUT2D eigenvalue weighted by Gasteiger charge is -2.27. The Balaban J connectivity index is 1.87. The Labute approximate surface area is 161 Å². The second kappa shape index (κ2) is 6.85. The van der Waals surface area contributed by atoms with Crippen molar-refractivity contribution in [3.63, 3.8) is 0 Å². The molecule has 2 heterocycles. The van der Waals surface area contributed by atoms with E-state index in [1.807, 2.05) is 61.5 Å². The van der Waals surface area contributed by atoms with E-state index in [1.165, 1.54) is 16.2 Å². The highest BCUT2D eigenvalue weighted by atomic mass is 32.1. The lowest BCUT2D eigenvalue weighted by Crippen LogP contribution is -2.30. The Hall–Kier alpha value is -3.18. The van der Waals surface area contributed by atoms with E-state index < -0.39 is 17.7 Å². The summed E-state index contributed by atoms with van der Waals surface area (Å²) >= 11 is 1.29. The summed E-state index contributed by atoms with van der Waals surface area (Å²) in [6.07, 6.45) is 0. The van der Waals surface area contributed by atoms with Crippen LogP contribution in [0.5, 0.6) is 0 Å². The van der Waals surface area contributed by atoms with Gasteiger partial charge in [-0.05, 0) is 36.1 Å². The second-order valence-electron chi connectivity index (χ2n) is 6.39. The van der Waals surface area contributed by atoms with Gasteiger partial charge in [0.05, 0.1) is 16.5 Å². The van der Waals surface area contributed by atoms with E-state index in [9.17, 15) is 14.7 Å². The minimum atomic E-state index is -0.670. The molecule has 1 atom stereocenters. The molecule has 0 saturated heterocycles. The van der Waals surface area contributed by atoms with Gasteiger partial charge in [0.25, 0.3) is 5.91 Å². The molecule has 0 fully saturated rings. The number of amides is 1. The fourth-order valence-electron chi connectivity index (χ4n) is 3.30. The third-order valence-electron chi connectivity index (χ3n) is 4.63. The number of hydrogen-bond donors (Lipinski definition) is 1. The van der Waals surface area contributed by atoms with Crippen LogP contribution < -0.4 is 4.90 Å². The number of aliphatic hydroxyl groups is 1.